The van der Waals surface area contributed by atoms with Crippen LogP contribution in [0.2, 0.25) is 0 Å². The van der Waals surface area contributed by atoms with Crippen LogP contribution in [0.5, 0.6) is 0 Å². The first-order chi connectivity index (χ1) is 10.6. The maximum absolute atomic E-state index is 11.9. The van der Waals surface area contributed by atoms with E-state index < -0.39 is 0 Å². The number of likely N-dealkylation sites (tertiary alicyclic amines) is 1. The molecule has 0 bridgehead atoms. The van der Waals surface area contributed by atoms with Crippen molar-refractivity contribution in [3.05, 3.63) is 17.5 Å². The van der Waals surface area contributed by atoms with E-state index in [0.717, 1.165) is 37.4 Å². The van der Waals surface area contributed by atoms with Crippen LogP contribution >= 0.6 is 0 Å². The van der Waals surface area contributed by atoms with Gasteiger partial charge in [-0.3, -0.25) is 9.69 Å². The fraction of sp³-hybridized carbons (Fsp3) is 0.765. The van der Waals surface area contributed by atoms with Crippen LogP contribution in [0.4, 0.5) is 0 Å². The van der Waals surface area contributed by atoms with Crippen LogP contribution in [0.25, 0.3) is 0 Å². The van der Waals surface area contributed by atoms with Crippen molar-refractivity contribution in [2.45, 2.75) is 50.6 Å². The Morgan fingerprint density at radius 2 is 2.14 bits per heavy atom. The lowest BCUT2D eigenvalue weighted by atomic mass is 9.88. The van der Waals surface area contributed by atoms with Gasteiger partial charge in [-0.1, -0.05) is 5.16 Å². The Morgan fingerprint density at radius 1 is 1.36 bits per heavy atom. The molecule has 0 spiro atoms. The molecule has 2 aliphatic carbocycles. The zero-order valence-electron chi connectivity index (χ0n) is 13.5. The predicted octanol–water partition coefficient (Wildman–Crippen LogP) is 2.24. The smallest absolute Gasteiger partial charge is 0.222 e. The molecule has 0 aromatic carbocycles. The summed E-state index contributed by atoms with van der Waals surface area (Å²) < 4.78 is 5.45. The summed E-state index contributed by atoms with van der Waals surface area (Å²) in [5, 5.41) is 4.22. The number of piperidine rings is 1. The van der Waals surface area contributed by atoms with Crippen molar-refractivity contribution in [1.82, 2.24) is 15.0 Å². The maximum atomic E-state index is 11.9. The number of carbonyl (C=O) groups excluding carboxylic acids is 1. The summed E-state index contributed by atoms with van der Waals surface area (Å²) in [5.41, 5.74) is 1.05. The van der Waals surface area contributed by atoms with Gasteiger partial charge in [0.2, 0.25) is 5.91 Å². The summed E-state index contributed by atoms with van der Waals surface area (Å²) >= 11 is 0. The van der Waals surface area contributed by atoms with Gasteiger partial charge in [-0.05, 0) is 44.6 Å². The molecule has 5 nitrogen and oxygen atoms in total. The van der Waals surface area contributed by atoms with Gasteiger partial charge >= 0.3 is 0 Å². The zero-order valence-corrected chi connectivity index (χ0v) is 13.5. The van der Waals surface area contributed by atoms with Crippen molar-refractivity contribution in [3.63, 3.8) is 0 Å². The highest BCUT2D eigenvalue weighted by molar-refractivity contribution is 5.77. The molecule has 0 radical (unpaired) electrons. The zero-order chi connectivity index (χ0) is 15.3. The fourth-order valence-electron chi connectivity index (χ4n) is 4.19. The van der Waals surface area contributed by atoms with Gasteiger partial charge in [-0.2, -0.15) is 0 Å². The second-order valence-corrected chi connectivity index (χ2v) is 7.53. The number of aromatic nitrogens is 1. The molecule has 0 N–H and O–H groups in total. The highest BCUT2D eigenvalue weighted by Gasteiger charge is 2.41. The normalized spacial score (nSPS) is 31.9. The summed E-state index contributed by atoms with van der Waals surface area (Å²) in [6, 6.07) is 2.70. The van der Waals surface area contributed by atoms with E-state index in [9.17, 15) is 4.79 Å². The first kappa shape index (κ1) is 14.2. The molecule has 120 valence electrons. The molecule has 1 aromatic rings. The standard InChI is InChI=1S/C17H25N3O2/c1-19(10-14-8-16(22-18-14)11-3-4-11)15-5-12-7-17(21)20(2)9-13(12)6-15/h8,11-13,15H,3-7,9-10H2,1-2H3/t12-,13+,15-/m1/s1. The van der Waals surface area contributed by atoms with Gasteiger partial charge in [0.15, 0.2) is 0 Å². The van der Waals surface area contributed by atoms with E-state index in [4.69, 9.17) is 4.52 Å². The van der Waals surface area contributed by atoms with Crippen molar-refractivity contribution in [2.75, 3.05) is 20.6 Å². The first-order valence-electron chi connectivity index (χ1n) is 8.50. The van der Waals surface area contributed by atoms with E-state index in [0.29, 0.717) is 29.7 Å². The Kier molecular flexibility index (Phi) is 3.48. The van der Waals surface area contributed by atoms with Crippen molar-refractivity contribution in [1.29, 1.82) is 0 Å². The fourth-order valence-corrected chi connectivity index (χ4v) is 4.19. The first-order valence-corrected chi connectivity index (χ1v) is 8.50. The summed E-state index contributed by atoms with van der Waals surface area (Å²) in [6.07, 6.45) is 5.58. The summed E-state index contributed by atoms with van der Waals surface area (Å²) in [7, 11) is 4.11. The summed E-state index contributed by atoms with van der Waals surface area (Å²) in [5.74, 6) is 3.26. The molecular weight excluding hydrogens is 278 g/mol. The van der Waals surface area contributed by atoms with E-state index >= 15 is 0 Å². The van der Waals surface area contributed by atoms with Gasteiger partial charge < -0.3 is 9.42 Å². The number of rotatable bonds is 4. The third-order valence-corrected chi connectivity index (χ3v) is 5.78. The SMILES string of the molecule is CN1C[C@@H]2C[C@H](N(C)Cc3cc(C4CC4)on3)C[C@@H]2CC1=O. The minimum atomic E-state index is 0.315. The number of amides is 1. The molecule has 2 saturated carbocycles. The van der Waals surface area contributed by atoms with Crippen LogP contribution in [0.3, 0.4) is 0 Å². The molecule has 5 heteroatoms. The van der Waals surface area contributed by atoms with Crippen molar-refractivity contribution >= 4 is 5.91 Å². The molecule has 1 saturated heterocycles. The van der Waals surface area contributed by atoms with Crippen molar-refractivity contribution < 1.29 is 9.32 Å². The van der Waals surface area contributed by atoms with Crippen molar-refractivity contribution in [3.8, 4) is 0 Å². The summed E-state index contributed by atoms with van der Waals surface area (Å²) in [4.78, 5) is 16.2. The topological polar surface area (TPSA) is 49.6 Å². The molecule has 1 aromatic heterocycles. The number of hydrogen-bond acceptors (Lipinski definition) is 4. The molecule has 22 heavy (non-hydrogen) atoms. The third kappa shape index (κ3) is 2.67. The molecule has 3 atom stereocenters. The number of hydrogen-bond donors (Lipinski definition) is 0. The molecule has 1 aliphatic heterocycles. The molecule has 0 unspecified atom stereocenters. The molecule has 1 amide bonds. The predicted molar refractivity (Wildman–Crippen MR) is 82.2 cm³/mol. The average Bonchev–Trinajstić information content (AvgIpc) is 3.10. The lowest BCUT2D eigenvalue weighted by Gasteiger charge is -2.31. The Balaban J connectivity index is 1.36. The largest absolute Gasteiger partial charge is 0.361 e. The molecule has 3 fully saturated rings. The highest BCUT2D eigenvalue weighted by atomic mass is 16.5. The van der Waals surface area contributed by atoms with Crippen LogP contribution < -0.4 is 0 Å². The maximum Gasteiger partial charge on any atom is 0.222 e. The van der Waals surface area contributed by atoms with Gasteiger partial charge in [0.1, 0.15) is 5.76 Å². The Morgan fingerprint density at radius 3 is 2.91 bits per heavy atom. The lowest BCUT2D eigenvalue weighted by molar-refractivity contribution is -0.134. The van der Waals surface area contributed by atoms with Gasteiger partial charge in [0.05, 0.1) is 5.69 Å². The minimum Gasteiger partial charge on any atom is -0.361 e. The van der Waals surface area contributed by atoms with Crippen LogP contribution in [-0.4, -0.2) is 47.5 Å². The molecule has 2 heterocycles. The van der Waals surface area contributed by atoms with Crippen LogP contribution in [0, 0.1) is 11.8 Å². The van der Waals surface area contributed by atoms with Crippen molar-refractivity contribution in [2.24, 2.45) is 11.8 Å². The average molecular weight is 303 g/mol. The van der Waals surface area contributed by atoms with E-state index in [1.165, 1.54) is 19.3 Å². The summed E-state index contributed by atoms with van der Waals surface area (Å²) in [6.45, 7) is 1.79. The third-order valence-electron chi connectivity index (χ3n) is 5.78. The minimum absolute atomic E-state index is 0.315. The van der Waals surface area contributed by atoms with E-state index in [2.05, 4.69) is 23.2 Å². The second kappa shape index (κ2) is 5.37. The Labute approximate surface area is 131 Å². The van der Waals surface area contributed by atoms with Crippen LogP contribution in [0.15, 0.2) is 10.6 Å². The lowest BCUT2D eigenvalue weighted by Crippen LogP contribution is -2.39. The Bertz CT molecular complexity index is 566. The van der Waals surface area contributed by atoms with Gasteiger partial charge in [0, 0.05) is 44.6 Å². The van der Waals surface area contributed by atoms with E-state index in [1.807, 2.05) is 11.9 Å². The highest BCUT2D eigenvalue weighted by Crippen LogP contribution is 2.41. The monoisotopic (exact) mass is 303 g/mol. The quantitative estimate of drug-likeness (QED) is 0.856. The van der Waals surface area contributed by atoms with Crippen LogP contribution in [-0.2, 0) is 11.3 Å². The number of carbonyl (C=O) groups is 1. The van der Waals surface area contributed by atoms with E-state index in [1.54, 1.807) is 0 Å². The van der Waals surface area contributed by atoms with Gasteiger partial charge in [-0.15, -0.1) is 0 Å². The molecule has 4 rings (SSSR count). The van der Waals surface area contributed by atoms with Gasteiger partial charge in [-0.25, -0.2) is 0 Å². The number of nitrogens with zero attached hydrogens (tertiary/aromatic N) is 3. The van der Waals surface area contributed by atoms with Crippen LogP contribution in [0.1, 0.15) is 49.5 Å². The van der Waals surface area contributed by atoms with Gasteiger partial charge in [0.25, 0.3) is 0 Å². The molecular formula is C17H25N3O2. The Hall–Kier alpha value is -1.36. The van der Waals surface area contributed by atoms with E-state index in [-0.39, 0.29) is 0 Å². The second-order valence-electron chi connectivity index (χ2n) is 7.53. The number of fused-ring (bicyclic) bond motifs is 1. The molecule has 3 aliphatic rings.